The van der Waals surface area contributed by atoms with Crippen LogP contribution in [0.15, 0.2) is 71.6 Å². The van der Waals surface area contributed by atoms with Crippen LogP contribution in [-0.2, 0) is 0 Å². The lowest BCUT2D eigenvalue weighted by Crippen LogP contribution is -2.43. The minimum absolute atomic E-state index is 1.07. The fraction of sp³-hybridized carbons (Fsp3) is 0.238. The average molecular weight is 350 g/mol. The molecule has 4 heteroatoms. The lowest BCUT2D eigenvalue weighted by molar-refractivity contribution is 0.430. The van der Waals surface area contributed by atoms with Gasteiger partial charge < -0.3 is 10.2 Å². The molecule has 0 spiro atoms. The lowest BCUT2D eigenvalue weighted by Gasteiger charge is -2.35. The van der Waals surface area contributed by atoms with Crippen molar-refractivity contribution in [3.05, 3.63) is 66.7 Å². The predicted molar refractivity (Wildman–Crippen MR) is 110 cm³/mol. The summed E-state index contributed by atoms with van der Waals surface area (Å²) in [6, 6.07) is 23.8. The number of benzene rings is 3. The van der Waals surface area contributed by atoms with E-state index in [9.17, 15) is 0 Å². The molecular weight excluding hydrogens is 326 g/mol. The fourth-order valence-electron chi connectivity index (χ4n) is 3.38. The molecule has 0 bridgehead atoms. The van der Waals surface area contributed by atoms with Gasteiger partial charge in [0, 0.05) is 54.9 Å². The van der Waals surface area contributed by atoms with Gasteiger partial charge >= 0.3 is 0 Å². The number of para-hydroxylation sites is 1. The van der Waals surface area contributed by atoms with Crippen LogP contribution in [0.25, 0.3) is 10.8 Å². The molecule has 0 aliphatic carbocycles. The van der Waals surface area contributed by atoms with Gasteiger partial charge in [0.2, 0.25) is 0 Å². The van der Waals surface area contributed by atoms with Crippen molar-refractivity contribution >= 4 is 34.1 Å². The third-order valence-electron chi connectivity index (χ3n) is 4.74. The van der Waals surface area contributed by atoms with Crippen molar-refractivity contribution in [1.29, 1.82) is 0 Å². The summed E-state index contributed by atoms with van der Waals surface area (Å²) in [5.41, 5.74) is 2.52. The Balaban J connectivity index is 1.48. The fourth-order valence-corrected chi connectivity index (χ4v) is 4.41. The van der Waals surface area contributed by atoms with Crippen LogP contribution in [0.3, 0.4) is 0 Å². The third-order valence-corrected chi connectivity index (χ3v) is 5.92. The Morgan fingerprint density at radius 3 is 2.16 bits per heavy atom. The van der Waals surface area contributed by atoms with E-state index in [-0.39, 0.29) is 0 Å². The van der Waals surface area contributed by atoms with Gasteiger partial charge in [-0.15, -0.1) is 0 Å². The lowest BCUT2D eigenvalue weighted by atomic mass is 10.1. The van der Waals surface area contributed by atoms with E-state index in [0.717, 1.165) is 26.2 Å². The number of nitrogens with zero attached hydrogens (tertiary/aromatic N) is 2. The molecule has 0 aromatic heterocycles. The summed E-state index contributed by atoms with van der Waals surface area (Å²) in [4.78, 5) is 3.81. The second-order valence-electron chi connectivity index (χ2n) is 6.25. The first kappa shape index (κ1) is 16.3. The highest BCUT2D eigenvalue weighted by atomic mass is 32.2. The molecule has 0 radical (unpaired) electrons. The Morgan fingerprint density at radius 1 is 0.760 bits per heavy atom. The van der Waals surface area contributed by atoms with Crippen molar-refractivity contribution in [2.45, 2.75) is 4.90 Å². The zero-order valence-electron chi connectivity index (χ0n) is 14.5. The standard InChI is InChI=1S/C21H23N3S/c1-22-20-11-12-21(19-10-6-5-9-18(19)20)25-24-15-13-23(14-16-24)17-7-3-2-4-8-17/h2-12,22H,13-16H2,1H3. The summed E-state index contributed by atoms with van der Waals surface area (Å²) in [6.45, 7) is 4.29. The number of nitrogens with one attached hydrogen (secondary N) is 1. The van der Waals surface area contributed by atoms with Gasteiger partial charge in [0.05, 0.1) is 0 Å². The molecule has 0 saturated carbocycles. The number of fused-ring (bicyclic) bond motifs is 1. The molecule has 25 heavy (non-hydrogen) atoms. The predicted octanol–water partition coefficient (Wildman–Crippen LogP) is 4.71. The van der Waals surface area contributed by atoms with E-state index in [2.05, 4.69) is 81.3 Å². The summed E-state index contributed by atoms with van der Waals surface area (Å²) in [5, 5.41) is 5.91. The van der Waals surface area contributed by atoms with E-state index in [0.29, 0.717) is 0 Å². The Morgan fingerprint density at radius 2 is 1.44 bits per heavy atom. The molecule has 0 amide bonds. The number of hydrogen-bond donors (Lipinski definition) is 1. The first-order valence-corrected chi connectivity index (χ1v) is 9.55. The van der Waals surface area contributed by atoms with Gasteiger partial charge in [0.1, 0.15) is 0 Å². The molecule has 3 nitrogen and oxygen atoms in total. The van der Waals surface area contributed by atoms with Crippen molar-refractivity contribution in [3.63, 3.8) is 0 Å². The molecule has 128 valence electrons. The first-order chi connectivity index (χ1) is 12.3. The summed E-state index contributed by atoms with van der Waals surface area (Å²) < 4.78 is 2.49. The molecule has 1 fully saturated rings. The van der Waals surface area contributed by atoms with E-state index in [1.54, 1.807) is 0 Å². The normalized spacial score (nSPS) is 15.5. The van der Waals surface area contributed by atoms with Crippen LogP contribution < -0.4 is 10.2 Å². The number of hydrogen-bond acceptors (Lipinski definition) is 4. The van der Waals surface area contributed by atoms with Crippen LogP contribution in [0.2, 0.25) is 0 Å². The molecule has 4 rings (SSSR count). The van der Waals surface area contributed by atoms with Crippen molar-refractivity contribution in [2.75, 3.05) is 43.4 Å². The zero-order chi connectivity index (χ0) is 17.1. The summed E-state index contributed by atoms with van der Waals surface area (Å²) in [7, 11) is 1.98. The van der Waals surface area contributed by atoms with Gasteiger partial charge in [0.25, 0.3) is 0 Å². The van der Waals surface area contributed by atoms with E-state index in [1.807, 2.05) is 19.0 Å². The SMILES string of the molecule is CNc1ccc(SN2CCN(c3ccccc3)CC2)c2ccccc12. The van der Waals surface area contributed by atoms with E-state index >= 15 is 0 Å². The van der Waals surface area contributed by atoms with Gasteiger partial charge in [0.15, 0.2) is 0 Å². The van der Waals surface area contributed by atoms with Gasteiger partial charge in [-0.25, -0.2) is 4.31 Å². The highest BCUT2D eigenvalue weighted by Crippen LogP contribution is 2.34. The largest absolute Gasteiger partial charge is 0.388 e. The highest BCUT2D eigenvalue weighted by molar-refractivity contribution is 7.97. The monoisotopic (exact) mass is 349 g/mol. The van der Waals surface area contributed by atoms with Crippen LogP contribution in [-0.4, -0.2) is 37.5 Å². The zero-order valence-corrected chi connectivity index (χ0v) is 15.3. The van der Waals surface area contributed by atoms with Crippen LogP contribution in [0.4, 0.5) is 11.4 Å². The minimum Gasteiger partial charge on any atom is -0.388 e. The smallest absolute Gasteiger partial charge is 0.0418 e. The third kappa shape index (κ3) is 3.46. The Labute approximate surface area is 153 Å². The van der Waals surface area contributed by atoms with Gasteiger partial charge in [-0.3, -0.25) is 0 Å². The Hall–Kier alpha value is -2.17. The molecule has 0 atom stereocenters. The number of piperazine rings is 1. The van der Waals surface area contributed by atoms with Crippen LogP contribution in [0.5, 0.6) is 0 Å². The van der Waals surface area contributed by atoms with E-state index in [1.165, 1.54) is 27.0 Å². The van der Waals surface area contributed by atoms with Crippen LogP contribution in [0.1, 0.15) is 0 Å². The maximum Gasteiger partial charge on any atom is 0.0418 e. The molecule has 1 saturated heterocycles. The quantitative estimate of drug-likeness (QED) is 0.687. The maximum atomic E-state index is 3.30. The minimum atomic E-state index is 1.07. The van der Waals surface area contributed by atoms with E-state index in [4.69, 9.17) is 0 Å². The van der Waals surface area contributed by atoms with E-state index < -0.39 is 0 Å². The Kier molecular flexibility index (Phi) is 4.81. The van der Waals surface area contributed by atoms with Crippen molar-refractivity contribution in [1.82, 2.24) is 4.31 Å². The second kappa shape index (κ2) is 7.38. The molecule has 1 N–H and O–H groups in total. The first-order valence-electron chi connectivity index (χ1n) is 8.77. The summed E-state index contributed by atoms with van der Waals surface area (Å²) >= 11 is 1.89. The highest BCUT2D eigenvalue weighted by Gasteiger charge is 2.19. The molecule has 3 aromatic carbocycles. The number of rotatable bonds is 4. The van der Waals surface area contributed by atoms with Crippen molar-refractivity contribution in [3.8, 4) is 0 Å². The van der Waals surface area contributed by atoms with Crippen LogP contribution in [0, 0.1) is 0 Å². The molecule has 3 aromatic rings. The molecule has 0 unspecified atom stereocenters. The van der Waals surface area contributed by atoms with Crippen molar-refractivity contribution < 1.29 is 0 Å². The van der Waals surface area contributed by atoms with Gasteiger partial charge in [-0.2, -0.15) is 0 Å². The molecule has 1 heterocycles. The topological polar surface area (TPSA) is 18.5 Å². The van der Waals surface area contributed by atoms with Gasteiger partial charge in [-0.1, -0.05) is 42.5 Å². The number of anilines is 2. The summed E-state index contributed by atoms with van der Waals surface area (Å²) in [5.74, 6) is 0. The molecular formula is C21H23N3S. The summed E-state index contributed by atoms with van der Waals surface area (Å²) in [6.07, 6.45) is 0. The van der Waals surface area contributed by atoms with Gasteiger partial charge in [-0.05, 0) is 41.6 Å². The van der Waals surface area contributed by atoms with Crippen molar-refractivity contribution in [2.24, 2.45) is 0 Å². The second-order valence-corrected chi connectivity index (χ2v) is 7.39. The molecule has 1 aliphatic heterocycles. The Bertz CT molecular complexity index is 842. The average Bonchev–Trinajstić information content (AvgIpc) is 2.69. The van der Waals surface area contributed by atoms with Crippen LogP contribution >= 0.6 is 11.9 Å². The maximum absolute atomic E-state index is 3.30. The molecule has 1 aliphatic rings.